The number of ether oxygens (including phenoxy) is 1. The first-order valence-electron chi connectivity index (χ1n) is 11.1. The van der Waals surface area contributed by atoms with Gasteiger partial charge in [-0.25, -0.2) is 13.6 Å². The smallest absolute Gasteiger partial charge is 0.335 e. The quantitative estimate of drug-likeness (QED) is 0.379. The van der Waals surface area contributed by atoms with E-state index in [0.717, 1.165) is 18.4 Å². The van der Waals surface area contributed by atoms with Crippen molar-refractivity contribution in [1.82, 2.24) is 4.57 Å². The van der Waals surface area contributed by atoms with Crippen LogP contribution in [0.5, 0.6) is 5.75 Å². The zero-order chi connectivity index (χ0) is 24.0. The second kappa shape index (κ2) is 8.57. The number of nitrogens with zero attached hydrogens (tertiary/aromatic N) is 1. The molecule has 0 amide bonds. The molecule has 1 atom stereocenters. The van der Waals surface area contributed by atoms with Gasteiger partial charge in [0.1, 0.15) is 5.82 Å². The number of aromatic hydroxyl groups is 1. The van der Waals surface area contributed by atoms with Crippen molar-refractivity contribution in [2.24, 2.45) is 0 Å². The number of aromatic carboxylic acids is 1. The fraction of sp³-hybridized carbons (Fsp3) is 0.222. The molecule has 1 saturated heterocycles. The van der Waals surface area contributed by atoms with Gasteiger partial charge in [0, 0.05) is 23.6 Å². The minimum Gasteiger partial charge on any atom is -0.504 e. The van der Waals surface area contributed by atoms with Crippen LogP contribution in [-0.2, 0) is 4.74 Å². The second-order valence-corrected chi connectivity index (χ2v) is 8.62. The first-order chi connectivity index (χ1) is 16.4. The molecule has 3 aromatic carbocycles. The summed E-state index contributed by atoms with van der Waals surface area (Å²) in [6.45, 7) is 2.71. The average Bonchev–Trinajstić information content (AvgIpc) is 3.19. The molecule has 1 fully saturated rings. The molecule has 1 unspecified atom stereocenters. The van der Waals surface area contributed by atoms with E-state index in [1.54, 1.807) is 37.3 Å². The monoisotopic (exact) mass is 463 g/mol. The molecular weight excluding hydrogens is 440 g/mol. The van der Waals surface area contributed by atoms with E-state index in [4.69, 9.17) is 4.74 Å². The van der Waals surface area contributed by atoms with Gasteiger partial charge in [-0.1, -0.05) is 12.1 Å². The van der Waals surface area contributed by atoms with Crippen molar-refractivity contribution in [3.63, 3.8) is 0 Å². The Labute approximate surface area is 194 Å². The number of rotatable bonds is 4. The standard InChI is InChI=1S/C27H23F2NO4/c1-15-13-19(8-9-20(15)28)30-22-11-10-21(29)26(31)24(22)23(18-3-2-12-34-14-18)25(30)16-4-6-17(7-5-16)27(32)33/h4-11,13,18,31H,2-3,12,14H2,1H3,(H,32,33). The predicted molar refractivity (Wildman–Crippen MR) is 125 cm³/mol. The number of benzene rings is 3. The molecule has 1 aromatic heterocycles. The zero-order valence-corrected chi connectivity index (χ0v) is 18.5. The largest absolute Gasteiger partial charge is 0.504 e. The van der Waals surface area contributed by atoms with E-state index >= 15 is 0 Å². The maximum absolute atomic E-state index is 14.6. The first kappa shape index (κ1) is 22.1. The van der Waals surface area contributed by atoms with Crippen LogP contribution in [-0.4, -0.2) is 34.0 Å². The fourth-order valence-electron chi connectivity index (χ4n) is 4.82. The Balaban J connectivity index is 1.90. The summed E-state index contributed by atoms with van der Waals surface area (Å²) in [6, 6.07) is 13.9. The molecule has 0 aliphatic carbocycles. The van der Waals surface area contributed by atoms with Crippen LogP contribution in [0.15, 0.2) is 54.6 Å². The molecule has 0 saturated carbocycles. The van der Waals surface area contributed by atoms with E-state index < -0.39 is 17.5 Å². The highest BCUT2D eigenvalue weighted by Crippen LogP contribution is 2.46. The highest BCUT2D eigenvalue weighted by atomic mass is 19.1. The van der Waals surface area contributed by atoms with Crippen molar-refractivity contribution in [1.29, 1.82) is 0 Å². The van der Waals surface area contributed by atoms with E-state index in [1.165, 1.54) is 24.3 Å². The van der Waals surface area contributed by atoms with Crippen LogP contribution in [0.25, 0.3) is 27.8 Å². The Bertz CT molecular complexity index is 1400. The lowest BCUT2D eigenvalue weighted by molar-refractivity contribution is 0.0697. The van der Waals surface area contributed by atoms with Gasteiger partial charge in [-0.3, -0.25) is 0 Å². The Kier molecular flexibility index (Phi) is 5.57. The summed E-state index contributed by atoms with van der Waals surface area (Å²) in [4.78, 5) is 11.4. The van der Waals surface area contributed by atoms with E-state index in [9.17, 15) is 23.8 Å². The number of halogens is 2. The van der Waals surface area contributed by atoms with Crippen molar-refractivity contribution >= 4 is 16.9 Å². The number of fused-ring (bicyclic) bond motifs is 1. The molecule has 34 heavy (non-hydrogen) atoms. The molecule has 0 spiro atoms. The van der Waals surface area contributed by atoms with E-state index in [1.807, 2.05) is 4.57 Å². The van der Waals surface area contributed by atoms with Crippen molar-refractivity contribution < 1.29 is 28.5 Å². The summed E-state index contributed by atoms with van der Waals surface area (Å²) in [5, 5.41) is 20.6. The lowest BCUT2D eigenvalue weighted by atomic mass is 9.88. The van der Waals surface area contributed by atoms with Gasteiger partial charge in [-0.2, -0.15) is 0 Å². The van der Waals surface area contributed by atoms with Crippen LogP contribution in [0.2, 0.25) is 0 Å². The van der Waals surface area contributed by atoms with E-state index in [0.29, 0.717) is 46.6 Å². The number of hydrogen-bond acceptors (Lipinski definition) is 3. The zero-order valence-electron chi connectivity index (χ0n) is 18.5. The summed E-state index contributed by atoms with van der Waals surface area (Å²) in [6.07, 6.45) is 1.61. The maximum atomic E-state index is 14.6. The summed E-state index contributed by atoms with van der Waals surface area (Å²) < 4.78 is 36.3. The summed E-state index contributed by atoms with van der Waals surface area (Å²) in [5.74, 6) is -2.67. The van der Waals surface area contributed by atoms with Gasteiger partial charge in [-0.15, -0.1) is 0 Å². The molecule has 1 aliphatic rings. The van der Waals surface area contributed by atoms with Gasteiger partial charge in [-0.05, 0) is 78.9 Å². The van der Waals surface area contributed by atoms with E-state index in [2.05, 4.69) is 0 Å². The van der Waals surface area contributed by atoms with Gasteiger partial charge in [0.25, 0.3) is 0 Å². The number of carbonyl (C=O) groups is 1. The highest BCUT2D eigenvalue weighted by molar-refractivity contribution is 5.99. The molecule has 0 bridgehead atoms. The fourth-order valence-corrected chi connectivity index (χ4v) is 4.82. The second-order valence-electron chi connectivity index (χ2n) is 8.62. The Morgan fingerprint density at radius 3 is 2.44 bits per heavy atom. The molecule has 4 aromatic rings. The first-order valence-corrected chi connectivity index (χ1v) is 11.1. The summed E-state index contributed by atoms with van der Waals surface area (Å²) in [7, 11) is 0. The molecule has 2 N–H and O–H groups in total. The third-order valence-corrected chi connectivity index (χ3v) is 6.47. The third-order valence-electron chi connectivity index (χ3n) is 6.47. The SMILES string of the molecule is Cc1cc(-n2c(-c3ccc(C(=O)O)cc3)c(C3CCCOC3)c3c(O)c(F)ccc32)ccc1F. The molecule has 174 valence electrons. The Morgan fingerprint density at radius 2 is 1.79 bits per heavy atom. The molecule has 1 aliphatic heterocycles. The van der Waals surface area contributed by atoms with Crippen molar-refractivity contribution in [2.75, 3.05) is 13.2 Å². The number of carboxylic acid groups (broad SMARTS) is 1. The van der Waals surface area contributed by atoms with Crippen LogP contribution in [0.1, 0.15) is 40.2 Å². The van der Waals surface area contributed by atoms with Gasteiger partial charge >= 0.3 is 5.97 Å². The third kappa shape index (κ3) is 3.62. The molecule has 5 rings (SSSR count). The number of phenolic OH excluding ortho intramolecular Hbond substituents is 1. The van der Waals surface area contributed by atoms with Crippen LogP contribution in [0.4, 0.5) is 8.78 Å². The van der Waals surface area contributed by atoms with Crippen molar-refractivity contribution in [3.8, 4) is 22.7 Å². The number of aryl methyl sites for hydroxylation is 1. The average molecular weight is 463 g/mol. The van der Waals surface area contributed by atoms with Crippen molar-refractivity contribution in [2.45, 2.75) is 25.7 Å². The molecular formula is C27H23F2NO4. The highest BCUT2D eigenvalue weighted by Gasteiger charge is 2.30. The van der Waals surface area contributed by atoms with Crippen LogP contribution in [0.3, 0.4) is 0 Å². The predicted octanol–water partition coefficient (Wildman–Crippen LogP) is 6.18. The summed E-state index contributed by atoms with van der Waals surface area (Å²) in [5.41, 5.74) is 3.92. The Hall–Kier alpha value is -3.71. The van der Waals surface area contributed by atoms with Crippen LogP contribution in [0, 0.1) is 18.6 Å². The number of phenols is 1. The lowest BCUT2D eigenvalue weighted by Crippen LogP contribution is -2.16. The lowest BCUT2D eigenvalue weighted by Gasteiger charge is -2.24. The molecule has 5 nitrogen and oxygen atoms in total. The molecule has 2 heterocycles. The van der Waals surface area contributed by atoms with Gasteiger partial charge in [0.15, 0.2) is 11.6 Å². The van der Waals surface area contributed by atoms with E-state index in [-0.39, 0.29) is 17.3 Å². The van der Waals surface area contributed by atoms with Crippen LogP contribution >= 0.6 is 0 Å². The topological polar surface area (TPSA) is 71.7 Å². The summed E-state index contributed by atoms with van der Waals surface area (Å²) >= 11 is 0. The maximum Gasteiger partial charge on any atom is 0.335 e. The van der Waals surface area contributed by atoms with Gasteiger partial charge < -0.3 is 19.5 Å². The number of aromatic nitrogens is 1. The van der Waals surface area contributed by atoms with Gasteiger partial charge in [0.2, 0.25) is 0 Å². The number of hydrogen-bond donors (Lipinski definition) is 2. The van der Waals surface area contributed by atoms with Crippen LogP contribution < -0.4 is 0 Å². The minimum atomic E-state index is -1.04. The van der Waals surface area contributed by atoms with Gasteiger partial charge in [0.05, 0.1) is 23.4 Å². The molecule has 7 heteroatoms. The Morgan fingerprint density at radius 1 is 1.06 bits per heavy atom. The normalized spacial score (nSPS) is 16.1. The van der Waals surface area contributed by atoms with Crippen molar-refractivity contribution in [3.05, 3.63) is 82.9 Å². The molecule has 0 radical (unpaired) electrons. The number of carboxylic acids is 1. The minimum absolute atomic E-state index is 0.110.